The topological polar surface area (TPSA) is 76.7 Å². The van der Waals surface area contributed by atoms with Gasteiger partial charge in [0, 0.05) is 26.6 Å². The van der Waals surface area contributed by atoms with Crippen molar-refractivity contribution in [3.05, 3.63) is 29.8 Å². The van der Waals surface area contributed by atoms with Crippen LogP contribution in [0.1, 0.15) is 30.1 Å². The molecule has 6 heteroatoms. The minimum absolute atomic E-state index is 0.107. The smallest absolute Gasteiger partial charge is 0.255 e. The number of benzene rings is 1. The molecule has 0 radical (unpaired) electrons. The Morgan fingerprint density at radius 2 is 2.05 bits per heavy atom. The van der Waals surface area contributed by atoms with E-state index in [1.807, 2.05) is 6.07 Å². The van der Waals surface area contributed by atoms with Crippen LogP contribution in [-0.4, -0.2) is 44.2 Å². The molecule has 1 fully saturated rings. The molecule has 1 aromatic rings. The van der Waals surface area contributed by atoms with Gasteiger partial charge in [0.25, 0.3) is 5.91 Å². The lowest BCUT2D eigenvalue weighted by molar-refractivity contribution is -0.118. The molecule has 0 aliphatic carbocycles. The van der Waals surface area contributed by atoms with Crippen LogP contribution in [-0.2, 0) is 9.53 Å². The van der Waals surface area contributed by atoms with Crippen molar-refractivity contribution in [3.8, 4) is 5.75 Å². The van der Waals surface area contributed by atoms with E-state index >= 15 is 0 Å². The maximum absolute atomic E-state index is 12.2. The van der Waals surface area contributed by atoms with E-state index in [1.165, 1.54) is 6.92 Å². The second kappa shape index (κ2) is 8.38. The van der Waals surface area contributed by atoms with E-state index in [4.69, 9.17) is 9.47 Å². The Morgan fingerprint density at radius 3 is 2.77 bits per heavy atom. The summed E-state index contributed by atoms with van der Waals surface area (Å²) in [6, 6.07) is 7.12. The van der Waals surface area contributed by atoms with E-state index in [0.717, 1.165) is 19.4 Å². The minimum atomic E-state index is -0.215. The zero-order chi connectivity index (χ0) is 15.8. The SMILES string of the molecule is CC(=O)NCCNC(=O)c1ccccc1OCC1CCCO1. The first-order valence-electron chi connectivity index (χ1n) is 7.53. The quantitative estimate of drug-likeness (QED) is 0.740. The Kier molecular flexibility index (Phi) is 6.21. The molecule has 1 aliphatic heterocycles. The van der Waals surface area contributed by atoms with Gasteiger partial charge in [-0.05, 0) is 25.0 Å². The average Bonchev–Trinajstić information content (AvgIpc) is 3.03. The molecule has 2 amide bonds. The molecule has 0 spiro atoms. The van der Waals surface area contributed by atoms with Crippen LogP contribution in [0.3, 0.4) is 0 Å². The van der Waals surface area contributed by atoms with Gasteiger partial charge in [0.1, 0.15) is 12.4 Å². The maximum atomic E-state index is 12.2. The fraction of sp³-hybridized carbons (Fsp3) is 0.500. The number of amides is 2. The first-order chi connectivity index (χ1) is 10.7. The predicted molar refractivity (Wildman–Crippen MR) is 81.9 cm³/mol. The van der Waals surface area contributed by atoms with E-state index in [9.17, 15) is 9.59 Å². The molecule has 120 valence electrons. The summed E-state index contributed by atoms with van der Waals surface area (Å²) < 4.78 is 11.2. The molecule has 0 aromatic heterocycles. The highest BCUT2D eigenvalue weighted by molar-refractivity contribution is 5.96. The Bertz CT molecular complexity index is 513. The molecule has 1 atom stereocenters. The molecular weight excluding hydrogens is 284 g/mol. The van der Waals surface area contributed by atoms with Crippen molar-refractivity contribution >= 4 is 11.8 Å². The minimum Gasteiger partial charge on any atom is -0.490 e. The normalized spacial score (nSPS) is 17.0. The van der Waals surface area contributed by atoms with Gasteiger partial charge in [-0.25, -0.2) is 0 Å². The summed E-state index contributed by atoms with van der Waals surface area (Å²) in [6.45, 7) is 3.45. The summed E-state index contributed by atoms with van der Waals surface area (Å²) in [5, 5.41) is 5.39. The largest absolute Gasteiger partial charge is 0.490 e. The molecule has 22 heavy (non-hydrogen) atoms. The standard InChI is InChI=1S/C16H22N2O4/c1-12(19)17-8-9-18-16(20)14-6-2-3-7-15(14)22-11-13-5-4-10-21-13/h2-3,6-7,13H,4-5,8-11H2,1H3,(H,17,19)(H,18,20). The lowest BCUT2D eigenvalue weighted by Crippen LogP contribution is -2.33. The van der Waals surface area contributed by atoms with E-state index in [2.05, 4.69) is 10.6 Å². The number of hydrogen-bond donors (Lipinski definition) is 2. The summed E-state index contributed by atoms with van der Waals surface area (Å²) in [7, 11) is 0. The van der Waals surface area contributed by atoms with E-state index in [-0.39, 0.29) is 17.9 Å². The van der Waals surface area contributed by atoms with E-state index in [1.54, 1.807) is 18.2 Å². The number of carbonyl (C=O) groups excluding carboxylic acids is 2. The van der Waals surface area contributed by atoms with Gasteiger partial charge in [-0.1, -0.05) is 12.1 Å². The summed E-state index contributed by atoms with van der Waals surface area (Å²) in [6.07, 6.45) is 2.15. The van der Waals surface area contributed by atoms with Crippen molar-refractivity contribution in [1.29, 1.82) is 0 Å². The number of hydrogen-bond acceptors (Lipinski definition) is 4. The fourth-order valence-corrected chi connectivity index (χ4v) is 2.25. The highest BCUT2D eigenvalue weighted by atomic mass is 16.5. The Labute approximate surface area is 130 Å². The van der Waals surface area contributed by atoms with Crippen LogP contribution in [0.2, 0.25) is 0 Å². The molecule has 0 bridgehead atoms. The second-order valence-corrected chi connectivity index (χ2v) is 5.18. The van der Waals surface area contributed by atoms with Gasteiger partial charge < -0.3 is 20.1 Å². The first-order valence-corrected chi connectivity index (χ1v) is 7.53. The van der Waals surface area contributed by atoms with Gasteiger partial charge in [0.2, 0.25) is 5.91 Å². The zero-order valence-electron chi connectivity index (χ0n) is 12.8. The van der Waals surface area contributed by atoms with Gasteiger partial charge >= 0.3 is 0 Å². The van der Waals surface area contributed by atoms with Crippen molar-refractivity contribution in [2.45, 2.75) is 25.9 Å². The van der Waals surface area contributed by atoms with Gasteiger partial charge in [-0.3, -0.25) is 9.59 Å². The number of ether oxygens (including phenoxy) is 2. The van der Waals surface area contributed by atoms with Crippen LogP contribution in [0.25, 0.3) is 0 Å². The molecule has 6 nitrogen and oxygen atoms in total. The third-order valence-electron chi connectivity index (χ3n) is 3.36. The first kappa shape index (κ1) is 16.3. The highest BCUT2D eigenvalue weighted by Crippen LogP contribution is 2.20. The fourth-order valence-electron chi connectivity index (χ4n) is 2.25. The van der Waals surface area contributed by atoms with Crippen LogP contribution in [0, 0.1) is 0 Å². The number of nitrogens with one attached hydrogen (secondary N) is 2. The van der Waals surface area contributed by atoms with Crippen molar-refractivity contribution in [3.63, 3.8) is 0 Å². The lowest BCUT2D eigenvalue weighted by atomic mass is 10.2. The molecule has 1 heterocycles. The molecule has 2 N–H and O–H groups in total. The summed E-state index contributed by atoms with van der Waals surface area (Å²) in [5.74, 6) is 0.220. The third-order valence-corrected chi connectivity index (χ3v) is 3.36. The molecule has 0 saturated carbocycles. The van der Waals surface area contributed by atoms with Crippen LogP contribution >= 0.6 is 0 Å². The Hall–Kier alpha value is -2.08. The molecule has 2 rings (SSSR count). The van der Waals surface area contributed by atoms with Crippen molar-refractivity contribution in [1.82, 2.24) is 10.6 Å². The number of carbonyl (C=O) groups is 2. The number of rotatable bonds is 7. The van der Waals surface area contributed by atoms with Gasteiger partial charge in [0.15, 0.2) is 0 Å². The Morgan fingerprint density at radius 1 is 1.27 bits per heavy atom. The highest BCUT2D eigenvalue weighted by Gasteiger charge is 2.18. The summed E-state index contributed by atoms with van der Waals surface area (Å²) in [4.78, 5) is 22.9. The summed E-state index contributed by atoms with van der Waals surface area (Å²) in [5.41, 5.74) is 0.489. The second-order valence-electron chi connectivity index (χ2n) is 5.18. The van der Waals surface area contributed by atoms with Gasteiger partial charge in [0.05, 0.1) is 11.7 Å². The monoisotopic (exact) mass is 306 g/mol. The van der Waals surface area contributed by atoms with Crippen LogP contribution in [0.15, 0.2) is 24.3 Å². The van der Waals surface area contributed by atoms with E-state index < -0.39 is 0 Å². The molecule has 1 aliphatic rings. The van der Waals surface area contributed by atoms with Gasteiger partial charge in [-0.15, -0.1) is 0 Å². The summed E-state index contributed by atoms with van der Waals surface area (Å²) >= 11 is 0. The van der Waals surface area contributed by atoms with E-state index in [0.29, 0.717) is 31.0 Å². The van der Waals surface area contributed by atoms with Crippen LogP contribution < -0.4 is 15.4 Å². The van der Waals surface area contributed by atoms with Crippen molar-refractivity contribution < 1.29 is 19.1 Å². The molecule has 1 unspecified atom stereocenters. The predicted octanol–water partition coefficient (Wildman–Crippen LogP) is 1.11. The molecule has 1 aromatic carbocycles. The molecular formula is C16H22N2O4. The average molecular weight is 306 g/mol. The molecule has 1 saturated heterocycles. The Balaban J connectivity index is 1.86. The lowest BCUT2D eigenvalue weighted by Gasteiger charge is -2.14. The van der Waals surface area contributed by atoms with Gasteiger partial charge in [-0.2, -0.15) is 0 Å². The third kappa shape index (κ3) is 5.04. The maximum Gasteiger partial charge on any atom is 0.255 e. The zero-order valence-corrected chi connectivity index (χ0v) is 12.8. The van der Waals surface area contributed by atoms with Crippen LogP contribution in [0.4, 0.5) is 0 Å². The van der Waals surface area contributed by atoms with Crippen LogP contribution in [0.5, 0.6) is 5.75 Å². The van der Waals surface area contributed by atoms with Crippen molar-refractivity contribution in [2.24, 2.45) is 0 Å². The number of para-hydroxylation sites is 1. The van der Waals surface area contributed by atoms with Crippen molar-refractivity contribution in [2.75, 3.05) is 26.3 Å².